The van der Waals surface area contributed by atoms with E-state index in [4.69, 9.17) is 9.15 Å². The lowest BCUT2D eigenvalue weighted by Crippen LogP contribution is -2.45. The van der Waals surface area contributed by atoms with Crippen LogP contribution in [0.15, 0.2) is 10.6 Å². The van der Waals surface area contributed by atoms with E-state index in [1.807, 2.05) is 13.8 Å². The predicted molar refractivity (Wildman–Crippen MR) is 114 cm³/mol. The maximum absolute atomic E-state index is 12.6. The van der Waals surface area contributed by atoms with Gasteiger partial charge >= 0.3 is 12.1 Å². The lowest BCUT2D eigenvalue weighted by Gasteiger charge is -2.22. The number of carbonyl (C=O) groups excluding carboxylic acids is 2. The van der Waals surface area contributed by atoms with E-state index < -0.39 is 17.7 Å². The number of oxazole rings is 1. The minimum absolute atomic E-state index is 0.0261. The van der Waals surface area contributed by atoms with E-state index in [1.165, 1.54) is 0 Å². The fourth-order valence-corrected chi connectivity index (χ4v) is 2.51. The smallest absolute Gasteiger partial charge is 0.408 e. The Morgan fingerprint density at radius 2 is 1.86 bits per heavy atom. The van der Waals surface area contributed by atoms with Gasteiger partial charge in [0.2, 0.25) is 0 Å². The van der Waals surface area contributed by atoms with Crippen molar-refractivity contribution in [3.05, 3.63) is 12.0 Å². The molecule has 0 saturated carbocycles. The van der Waals surface area contributed by atoms with Crippen LogP contribution in [-0.4, -0.2) is 35.2 Å². The molecule has 0 bridgehead atoms. The lowest BCUT2D eigenvalue weighted by atomic mass is 9.92. The van der Waals surface area contributed by atoms with Gasteiger partial charge in [0.05, 0.1) is 12.2 Å². The topological polar surface area (TPSA) is 105 Å². The number of ether oxygens (including phenoxy) is 1. The molecule has 2 atom stereocenters. The van der Waals surface area contributed by atoms with Crippen LogP contribution in [0.5, 0.6) is 0 Å². The second-order valence-corrected chi connectivity index (χ2v) is 9.53. The quantitative estimate of drug-likeness (QED) is 0.557. The highest BCUT2D eigenvalue weighted by molar-refractivity contribution is 5.95. The lowest BCUT2D eigenvalue weighted by molar-refractivity contribution is -0.118. The highest BCUT2D eigenvalue weighted by Crippen LogP contribution is 2.20. The van der Waals surface area contributed by atoms with Crippen LogP contribution < -0.4 is 16.0 Å². The zero-order valence-corrected chi connectivity index (χ0v) is 19.1. The Kier molecular flexibility index (Phi) is 9.14. The molecule has 3 N–H and O–H groups in total. The van der Waals surface area contributed by atoms with Crippen molar-refractivity contribution < 1.29 is 18.7 Å². The molecule has 8 heteroatoms. The summed E-state index contributed by atoms with van der Waals surface area (Å²) in [6.07, 6.45) is 3.20. The van der Waals surface area contributed by atoms with Gasteiger partial charge in [-0.3, -0.25) is 10.1 Å². The monoisotopic (exact) mass is 410 g/mol. The number of hydrogen-bond donors (Lipinski definition) is 3. The molecule has 0 aliphatic rings. The van der Waals surface area contributed by atoms with Crippen molar-refractivity contribution >= 4 is 18.0 Å². The first-order valence-corrected chi connectivity index (χ1v) is 10.3. The average Bonchev–Trinajstić information content (AvgIpc) is 3.00. The standard InChI is InChI=1S/C21H38N4O4/c1-9-10-15(24-19(27)29-21(6,7)8)17(26)25-18-23-13-16(28-18)14(2)22-12-11-20(3,4)5/h13-15,22H,9-12H2,1-8H3,(H,24,27)(H,23,25,26)/t14?,15-/m0/s1. The first-order valence-electron chi connectivity index (χ1n) is 10.3. The van der Waals surface area contributed by atoms with Crippen LogP contribution in [0, 0.1) is 5.41 Å². The number of carbonyl (C=O) groups is 2. The summed E-state index contributed by atoms with van der Waals surface area (Å²) < 4.78 is 10.9. The summed E-state index contributed by atoms with van der Waals surface area (Å²) in [6, 6.07) is -0.643. The SMILES string of the molecule is CCC[C@H](NC(=O)OC(C)(C)C)C(=O)Nc1ncc(C(C)NCCC(C)(C)C)o1. The Labute approximate surface area is 174 Å². The first-order chi connectivity index (χ1) is 13.3. The molecule has 1 aromatic heterocycles. The summed E-state index contributed by atoms with van der Waals surface area (Å²) in [5.74, 6) is 0.251. The Morgan fingerprint density at radius 3 is 2.41 bits per heavy atom. The Morgan fingerprint density at radius 1 is 1.21 bits per heavy atom. The van der Waals surface area contributed by atoms with Crippen molar-refractivity contribution in [3.8, 4) is 0 Å². The number of rotatable bonds is 9. The van der Waals surface area contributed by atoms with Crippen LogP contribution in [0.25, 0.3) is 0 Å². The van der Waals surface area contributed by atoms with Crippen molar-refractivity contribution in [2.75, 3.05) is 11.9 Å². The zero-order chi connectivity index (χ0) is 22.2. The molecular formula is C21H38N4O4. The van der Waals surface area contributed by atoms with Gasteiger partial charge in [0.25, 0.3) is 5.91 Å². The minimum Gasteiger partial charge on any atom is -0.444 e. The van der Waals surface area contributed by atoms with Crippen LogP contribution in [0.1, 0.15) is 86.5 Å². The molecule has 29 heavy (non-hydrogen) atoms. The van der Waals surface area contributed by atoms with E-state index >= 15 is 0 Å². The van der Waals surface area contributed by atoms with Gasteiger partial charge in [0.1, 0.15) is 17.4 Å². The number of anilines is 1. The van der Waals surface area contributed by atoms with E-state index in [2.05, 4.69) is 41.7 Å². The molecule has 0 saturated heterocycles. The normalized spacial score (nSPS) is 14.2. The molecule has 8 nitrogen and oxygen atoms in total. The van der Waals surface area contributed by atoms with Crippen LogP contribution in [0.4, 0.5) is 10.8 Å². The van der Waals surface area contributed by atoms with Crippen molar-refractivity contribution in [2.45, 2.75) is 92.3 Å². The van der Waals surface area contributed by atoms with Gasteiger partial charge in [-0.1, -0.05) is 34.1 Å². The first kappa shape index (κ1) is 24.9. The Hall–Kier alpha value is -2.09. The molecule has 1 aromatic rings. The summed E-state index contributed by atoms with van der Waals surface area (Å²) >= 11 is 0. The van der Waals surface area contributed by atoms with E-state index in [0.717, 1.165) is 19.4 Å². The number of nitrogens with one attached hydrogen (secondary N) is 3. The largest absolute Gasteiger partial charge is 0.444 e. The van der Waals surface area contributed by atoms with E-state index in [9.17, 15) is 9.59 Å². The molecular weight excluding hydrogens is 372 g/mol. The minimum atomic E-state index is -0.729. The maximum Gasteiger partial charge on any atom is 0.408 e. The summed E-state index contributed by atoms with van der Waals surface area (Å²) in [5.41, 5.74) is -0.381. The second-order valence-electron chi connectivity index (χ2n) is 9.53. The molecule has 0 aromatic carbocycles. The van der Waals surface area contributed by atoms with Gasteiger partial charge in [-0.05, 0) is 52.5 Å². The van der Waals surface area contributed by atoms with E-state index in [0.29, 0.717) is 12.2 Å². The van der Waals surface area contributed by atoms with Gasteiger partial charge in [-0.2, -0.15) is 0 Å². The Bertz CT molecular complexity index is 658. The van der Waals surface area contributed by atoms with Gasteiger partial charge in [0.15, 0.2) is 0 Å². The van der Waals surface area contributed by atoms with Gasteiger partial charge in [-0.25, -0.2) is 9.78 Å². The summed E-state index contributed by atoms with van der Waals surface area (Å²) in [7, 11) is 0. The molecule has 166 valence electrons. The van der Waals surface area contributed by atoms with E-state index in [-0.39, 0.29) is 23.4 Å². The van der Waals surface area contributed by atoms with Gasteiger partial charge in [-0.15, -0.1) is 0 Å². The zero-order valence-electron chi connectivity index (χ0n) is 19.1. The molecule has 1 unspecified atom stereocenters. The number of amides is 2. The van der Waals surface area contributed by atoms with Gasteiger partial charge < -0.3 is 19.8 Å². The van der Waals surface area contributed by atoms with Crippen molar-refractivity contribution in [1.29, 1.82) is 0 Å². The maximum atomic E-state index is 12.6. The van der Waals surface area contributed by atoms with Crippen LogP contribution >= 0.6 is 0 Å². The second kappa shape index (κ2) is 10.6. The van der Waals surface area contributed by atoms with Crippen molar-refractivity contribution in [3.63, 3.8) is 0 Å². The number of hydrogen-bond acceptors (Lipinski definition) is 6. The Balaban J connectivity index is 2.63. The number of aromatic nitrogens is 1. The third-order valence-corrected chi connectivity index (χ3v) is 4.09. The van der Waals surface area contributed by atoms with Crippen LogP contribution in [0.3, 0.4) is 0 Å². The fourth-order valence-electron chi connectivity index (χ4n) is 2.51. The summed E-state index contributed by atoms with van der Waals surface area (Å²) in [5, 5.41) is 8.64. The molecule has 0 aliphatic heterocycles. The van der Waals surface area contributed by atoms with Crippen molar-refractivity contribution in [1.82, 2.24) is 15.6 Å². The molecule has 1 rings (SSSR count). The van der Waals surface area contributed by atoms with E-state index in [1.54, 1.807) is 27.0 Å². The van der Waals surface area contributed by atoms with Gasteiger partial charge in [0, 0.05) is 0 Å². The third-order valence-electron chi connectivity index (χ3n) is 4.09. The molecule has 0 aliphatic carbocycles. The number of nitrogens with zero attached hydrogens (tertiary/aromatic N) is 1. The predicted octanol–water partition coefficient (Wildman–Crippen LogP) is 4.39. The molecule has 2 amide bonds. The molecule has 0 radical (unpaired) electrons. The third kappa shape index (κ3) is 10.3. The molecule has 0 fully saturated rings. The van der Waals surface area contributed by atoms with Crippen LogP contribution in [-0.2, 0) is 9.53 Å². The average molecular weight is 411 g/mol. The summed E-state index contributed by atoms with van der Waals surface area (Å²) in [4.78, 5) is 28.7. The highest BCUT2D eigenvalue weighted by Gasteiger charge is 2.25. The number of alkyl carbamates (subject to hydrolysis) is 1. The van der Waals surface area contributed by atoms with Crippen molar-refractivity contribution in [2.24, 2.45) is 5.41 Å². The molecule has 1 heterocycles. The highest BCUT2D eigenvalue weighted by atomic mass is 16.6. The van der Waals surface area contributed by atoms with Crippen LogP contribution in [0.2, 0.25) is 0 Å². The summed E-state index contributed by atoms with van der Waals surface area (Å²) in [6.45, 7) is 16.7. The fraction of sp³-hybridized carbons (Fsp3) is 0.762. The molecule has 0 spiro atoms.